The van der Waals surface area contributed by atoms with Crippen molar-refractivity contribution in [2.75, 3.05) is 27.4 Å². The molecule has 0 amide bonds. The van der Waals surface area contributed by atoms with Gasteiger partial charge < -0.3 is 18.9 Å². The predicted octanol–water partition coefficient (Wildman–Crippen LogP) is 4.97. The van der Waals surface area contributed by atoms with Crippen molar-refractivity contribution in [2.24, 2.45) is 5.41 Å². The minimum absolute atomic E-state index is 0.0534. The Labute approximate surface area is 238 Å². The van der Waals surface area contributed by atoms with E-state index in [0.717, 1.165) is 12.1 Å². The van der Waals surface area contributed by atoms with Crippen molar-refractivity contribution in [1.29, 1.82) is 0 Å². The van der Waals surface area contributed by atoms with Gasteiger partial charge in [0, 0.05) is 32.1 Å². The fraction of sp³-hybridized carbons (Fsp3) is 0.300. The summed E-state index contributed by atoms with van der Waals surface area (Å²) < 4.78 is 64.9. The van der Waals surface area contributed by atoms with E-state index in [1.165, 1.54) is 44.8 Å². The van der Waals surface area contributed by atoms with Gasteiger partial charge in [-0.25, -0.2) is 23.1 Å². The second kappa shape index (κ2) is 12.1. The van der Waals surface area contributed by atoms with E-state index in [1.54, 1.807) is 6.07 Å². The van der Waals surface area contributed by atoms with Crippen LogP contribution in [0.1, 0.15) is 24.0 Å². The molecule has 1 saturated carbocycles. The largest absolute Gasteiger partial charge is 0.485 e. The number of carbonyl (C=O) groups is 2. The van der Waals surface area contributed by atoms with E-state index in [0.29, 0.717) is 36.3 Å². The van der Waals surface area contributed by atoms with Gasteiger partial charge in [0.15, 0.2) is 34.4 Å². The number of methoxy groups -OCH3 is 2. The standard InChI is InChI=1S/C30H26F3N3O6/c1-39-9-10-41-24-15-22-27(36-28(24)40-2)29(35-16-34-22)42-23-14-20(32)18(12-21(23)33)13-26(38)30(7-8-30)25(37)11-17-3-5-19(31)6-4-17/h3-6,12,14-16H,7-11,13H2,1-2H3. The van der Waals surface area contributed by atoms with Crippen LogP contribution in [0.3, 0.4) is 0 Å². The maximum Gasteiger partial charge on any atom is 0.257 e. The minimum atomic E-state index is -1.25. The summed E-state index contributed by atoms with van der Waals surface area (Å²) in [5.41, 5.74) is -0.475. The molecular formula is C30H26F3N3O6. The molecule has 218 valence electrons. The summed E-state index contributed by atoms with van der Waals surface area (Å²) in [7, 11) is 2.92. The molecule has 2 aromatic heterocycles. The number of nitrogens with zero attached hydrogens (tertiary/aromatic N) is 3. The molecular weight excluding hydrogens is 555 g/mol. The molecule has 0 atom stereocenters. The maximum absolute atomic E-state index is 15.1. The van der Waals surface area contributed by atoms with Gasteiger partial charge in [-0.3, -0.25) is 9.59 Å². The zero-order chi connectivity index (χ0) is 29.9. The monoisotopic (exact) mass is 581 g/mol. The summed E-state index contributed by atoms with van der Waals surface area (Å²) in [5, 5.41) is 0. The second-order valence-electron chi connectivity index (χ2n) is 9.77. The van der Waals surface area contributed by atoms with Crippen LogP contribution in [-0.2, 0) is 27.2 Å². The Hall–Kier alpha value is -4.58. The number of fused-ring (bicyclic) bond motifs is 1. The highest BCUT2D eigenvalue weighted by atomic mass is 19.1. The van der Waals surface area contributed by atoms with Gasteiger partial charge in [-0.15, -0.1) is 0 Å². The second-order valence-corrected chi connectivity index (χ2v) is 9.77. The summed E-state index contributed by atoms with van der Waals surface area (Å²) in [5.74, 6) is -3.35. The molecule has 0 bridgehead atoms. The number of Topliss-reactive ketones (excluding diaryl/α,β-unsaturated/α-hetero) is 2. The smallest absolute Gasteiger partial charge is 0.257 e. The summed E-state index contributed by atoms with van der Waals surface area (Å²) in [6, 6.07) is 8.64. The van der Waals surface area contributed by atoms with E-state index in [9.17, 15) is 14.0 Å². The first-order valence-corrected chi connectivity index (χ1v) is 13.0. The SMILES string of the molecule is COCCOc1cc2ncnc(Oc3cc(F)c(CC(=O)C4(C(=O)Cc5ccc(F)cc5)CC4)cc3F)c2nc1OC. The molecule has 0 N–H and O–H groups in total. The van der Waals surface area contributed by atoms with Crippen LogP contribution in [0.15, 0.2) is 48.8 Å². The molecule has 0 unspecified atom stereocenters. The molecule has 2 heterocycles. The van der Waals surface area contributed by atoms with E-state index in [4.69, 9.17) is 18.9 Å². The first-order chi connectivity index (χ1) is 20.2. The van der Waals surface area contributed by atoms with Crippen LogP contribution in [0.5, 0.6) is 23.3 Å². The van der Waals surface area contributed by atoms with E-state index < -0.39 is 40.8 Å². The molecule has 9 nitrogen and oxygen atoms in total. The van der Waals surface area contributed by atoms with Crippen LogP contribution >= 0.6 is 0 Å². The van der Waals surface area contributed by atoms with Crippen molar-refractivity contribution in [1.82, 2.24) is 15.0 Å². The van der Waals surface area contributed by atoms with Crippen LogP contribution < -0.4 is 14.2 Å². The third-order valence-electron chi connectivity index (χ3n) is 7.00. The number of carbonyl (C=O) groups excluding carboxylic acids is 2. The lowest BCUT2D eigenvalue weighted by molar-refractivity contribution is -0.133. The topological polar surface area (TPSA) is 110 Å². The Kier molecular flexibility index (Phi) is 8.34. The van der Waals surface area contributed by atoms with Crippen LogP contribution in [0, 0.1) is 22.9 Å². The van der Waals surface area contributed by atoms with Crippen LogP contribution in [-0.4, -0.2) is 54.0 Å². The lowest BCUT2D eigenvalue weighted by Gasteiger charge is -2.15. The Balaban J connectivity index is 1.33. The van der Waals surface area contributed by atoms with Gasteiger partial charge in [0.1, 0.15) is 30.1 Å². The van der Waals surface area contributed by atoms with Crippen molar-refractivity contribution in [3.63, 3.8) is 0 Å². The number of halogens is 3. The van der Waals surface area contributed by atoms with Gasteiger partial charge in [-0.1, -0.05) is 12.1 Å². The van der Waals surface area contributed by atoms with E-state index in [1.807, 2.05) is 0 Å². The molecule has 0 radical (unpaired) electrons. The van der Waals surface area contributed by atoms with Gasteiger partial charge in [0.25, 0.3) is 5.88 Å². The number of pyridine rings is 1. The molecule has 0 aliphatic heterocycles. The van der Waals surface area contributed by atoms with Crippen molar-refractivity contribution in [3.05, 3.63) is 77.4 Å². The lowest BCUT2D eigenvalue weighted by atomic mass is 9.87. The highest BCUT2D eigenvalue weighted by Gasteiger charge is 2.54. The first-order valence-electron chi connectivity index (χ1n) is 13.0. The molecule has 1 aliphatic rings. The number of hydrogen-bond acceptors (Lipinski definition) is 9. The van der Waals surface area contributed by atoms with Gasteiger partial charge in [0.05, 0.1) is 19.1 Å². The fourth-order valence-electron chi connectivity index (χ4n) is 4.51. The Bertz CT molecular complexity index is 1640. The number of rotatable bonds is 13. The number of ether oxygens (including phenoxy) is 4. The quantitative estimate of drug-likeness (QED) is 0.160. The van der Waals surface area contributed by atoms with E-state index >= 15 is 8.78 Å². The average molecular weight is 582 g/mol. The zero-order valence-electron chi connectivity index (χ0n) is 22.8. The predicted molar refractivity (Wildman–Crippen MR) is 143 cm³/mol. The number of hydrogen-bond donors (Lipinski definition) is 0. The van der Waals surface area contributed by atoms with Crippen molar-refractivity contribution in [3.8, 4) is 23.3 Å². The van der Waals surface area contributed by atoms with E-state index in [2.05, 4.69) is 15.0 Å². The van der Waals surface area contributed by atoms with Gasteiger partial charge in [-0.05, 0) is 42.2 Å². The molecule has 4 aromatic rings. The molecule has 12 heteroatoms. The van der Waals surface area contributed by atoms with E-state index in [-0.39, 0.29) is 41.7 Å². The van der Waals surface area contributed by atoms with Gasteiger partial charge >= 0.3 is 0 Å². The van der Waals surface area contributed by atoms with Gasteiger partial charge in [0.2, 0.25) is 5.88 Å². The summed E-state index contributed by atoms with van der Waals surface area (Å²) in [4.78, 5) is 38.5. The molecule has 2 aromatic carbocycles. The number of aromatic nitrogens is 3. The fourth-order valence-corrected chi connectivity index (χ4v) is 4.51. The first kappa shape index (κ1) is 28.9. The van der Waals surface area contributed by atoms with Crippen molar-refractivity contribution >= 4 is 22.6 Å². The highest BCUT2D eigenvalue weighted by molar-refractivity contribution is 6.11. The third-order valence-corrected chi connectivity index (χ3v) is 7.00. The van der Waals surface area contributed by atoms with Crippen molar-refractivity contribution in [2.45, 2.75) is 25.7 Å². The molecule has 42 heavy (non-hydrogen) atoms. The highest BCUT2D eigenvalue weighted by Crippen LogP contribution is 2.49. The minimum Gasteiger partial charge on any atom is -0.485 e. The third kappa shape index (κ3) is 6.03. The Morgan fingerprint density at radius 3 is 2.29 bits per heavy atom. The van der Waals surface area contributed by atoms with Crippen LogP contribution in [0.25, 0.3) is 11.0 Å². The Morgan fingerprint density at radius 2 is 1.60 bits per heavy atom. The summed E-state index contributed by atoms with van der Waals surface area (Å²) in [6.07, 6.45) is 1.30. The molecule has 5 rings (SSSR count). The Morgan fingerprint density at radius 1 is 0.857 bits per heavy atom. The number of benzene rings is 2. The molecule has 1 fully saturated rings. The summed E-state index contributed by atoms with van der Waals surface area (Å²) in [6.45, 7) is 0.566. The lowest BCUT2D eigenvalue weighted by Crippen LogP contribution is -2.29. The normalized spacial score (nSPS) is 13.5. The molecule has 0 spiro atoms. The zero-order valence-corrected chi connectivity index (χ0v) is 22.8. The molecule has 1 aliphatic carbocycles. The van der Waals surface area contributed by atoms with Gasteiger partial charge in [-0.2, -0.15) is 4.98 Å². The molecule has 0 saturated heterocycles. The van der Waals surface area contributed by atoms with Crippen LogP contribution in [0.2, 0.25) is 0 Å². The average Bonchev–Trinajstić information content (AvgIpc) is 3.79. The van der Waals surface area contributed by atoms with Crippen LogP contribution in [0.4, 0.5) is 13.2 Å². The number of ketones is 2. The maximum atomic E-state index is 15.1. The van der Waals surface area contributed by atoms with Crippen molar-refractivity contribution < 1.29 is 41.7 Å². The summed E-state index contributed by atoms with van der Waals surface area (Å²) >= 11 is 0.